The molecule has 0 aliphatic carbocycles. The van der Waals surface area contributed by atoms with Crippen LogP contribution in [0.3, 0.4) is 0 Å². The van der Waals surface area contributed by atoms with Gasteiger partial charge >= 0.3 is 0 Å². The smallest absolute Gasteiger partial charge is 0.290 e. The van der Waals surface area contributed by atoms with E-state index in [2.05, 4.69) is 10.4 Å². The number of rotatable bonds is 8. The van der Waals surface area contributed by atoms with Crippen molar-refractivity contribution in [3.8, 4) is 17.2 Å². The van der Waals surface area contributed by atoms with Crippen LogP contribution in [-0.2, 0) is 22.7 Å². The second-order valence-electron chi connectivity index (χ2n) is 6.19. The molecule has 2 aromatic heterocycles. The van der Waals surface area contributed by atoms with Crippen molar-refractivity contribution in [2.24, 2.45) is 0 Å². The van der Waals surface area contributed by atoms with Crippen molar-refractivity contribution >= 4 is 18.2 Å². The number of benzene rings is 1. The van der Waals surface area contributed by atoms with Crippen molar-refractivity contribution in [1.29, 1.82) is 0 Å². The lowest BCUT2D eigenvalue weighted by atomic mass is 10.1. The third-order valence-electron chi connectivity index (χ3n) is 4.30. The predicted molar refractivity (Wildman–Crippen MR) is 115 cm³/mol. The van der Waals surface area contributed by atoms with Gasteiger partial charge in [-0.3, -0.25) is 14.4 Å². The van der Waals surface area contributed by atoms with E-state index < -0.39 is 0 Å². The number of amides is 1. The standard InChI is InChI=1S/C20H22N4O5.CH2O2/c1-27-15-8-7-14(19(28-2)20(15)29-3)12-24-16(9-10-21-24)22-17(25)13-23-11-5-4-6-18(23)26;2-1-3/h4-11H,12-13H2,1-3H3,(H,22,25);1H,(H,2,3). The largest absolute Gasteiger partial charge is 0.493 e. The molecule has 170 valence electrons. The Morgan fingerprint density at radius 2 is 1.81 bits per heavy atom. The zero-order chi connectivity index (χ0) is 23.5. The minimum atomic E-state index is -0.334. The Hall–Kier alpha value is -4.28. The Kier molecular flexibility index (Phi) is 8.84. The second-order valence-corrected chi connectivity index (χ2v) is 6.19. The summed E-state index contributed by atoms with van der Waals surface area (Å²) in [6, 6.07) is 10.0. The van der Waals surface area contributed by atoms with Gasteiger partial charge in [0, 0.05) is 23.9 Å². The molecule has 0 aliphatic heterocycles. The number of aromatic nitrogens is 3. The van der Waals surface area contributed by atoms with Gasteiger partial charge < -0.3 is 29.2 Å². The summed E-state index contributed by atoms with van der Waals surface area (Å²) in [5.74, 6) is 1.72. The SMILES string of the molecule is COc1ccc(Cn2nccc2NC(=O)Cn2ccccc2=O)c(OC)c1OC.O=CO. The number of methoxy groups -OCH3 is 3. The molecule has 11 nitrogen and oxygen atoms in total. The molecule has 0 spiro atoms. The number of ether oxygens (including phenoxy) is 3. The van der Waals surface area contributed by atoms with Gasteiger partial charge in [-0.1, -0.05) is 6.07 Å². The molecule has 0 fully saturated rings. The highest BCUT2D eigenvalue weighted by Crippen LogP contribution is 2.40. The highest BCUT2D eigenvalue weighted by atomic mass is 16.5. The van der Waals surface area contributed by atoms with Crippen LogP contribution in [0.2, 0.25) is 0 Å². The third-order valence-corrected chi connectivity index (χ3v) is 4.30. The van der Waals surface area contributed by atoms with E-state index in [0.717, 1.165) is 5.56 Å². The van der Waals surface area contributed by atoms with Gasteiger partial charge in [0.05, 0.1) is 34.1 Å². The minimum absolute atomic E-state index is 0.0927. The van der Waals surface area contributed by atoms with E-state index in [1.165, 1.54) is 17.7 Å². The first-order valence-corrected chi connectivity index (χ1v) is 9.31. The van der Waals surface area contributed by atoms with Crippen LogP contribution in [0, 0.1) is 0 Å². The normalized spacial score (nSPS) is 9.84. The first-order chi connectivity index (χ1) is 15.5. The van der Waals surface area contributed by atoms with Gasteiger partial charge in [-0.25, -0.2) is 4.68 Å². The summed E-state index contributed by atoms with van der Waals surface area (Å²) in [6.07, 6.45) is 3.14. The van der Waals surface area contributed by atoms with Crippen molar-refractivity contribution in [2.45, 2.75) is 13.1 Å². The van der Waals surface area contributed by atoms with E-state index in [1.807, 2.05) is 6.07 Å². The van der Waals surface area contributed by atoms with Gasteiger partial charge in [0.2, 0.25) is 11.7 Å². The fourth-order valence-electron chi connectivity index (χ4n) is 2.94. The van der Waals surface area contributed by atoms with Crippen molar-refractivity contribution < 1.29 is 28.9 Å². The molecule has 1 amide bonds. The van der Waals surface area contributed by atoms with E-state index in [4.69, 9.17) is 24.1 Å². The van der Waals surface area contributed by atoms with Crippen molar-refractivity contribution in [1.82, 2.24) is 14.3 Å². The van der Waals surface area contributed by atoms with Crippen LogP contribution in [-0.4, -0.2) is 53.2 Å². The van der Waals surface area contributed by atoms with Crippen molar-refractivity contribution in [2.75, 3.05) is 26.6 Å². The topological polar surface area (TPSA) is 134 Å². The maximum absolute atomic E-state index is 12.4. The summed E-state index contributed by atoms with van der Waals surface area (Å²) in [7, 11) is 4.63. The monoisotopic (exact) mass is 444 g/mol. The number of carbonyl (C=O) groups excluding carboxylic acids is 1. The number of carbonyl (C=O) groups is 2. The van der Waals surface area contributed by atoms with Gasteiger partial charge in [-0.2, -0.15) is 5.10 Å². The highest BCUT2D eigenvalue weighted by molar-refractivity contribution is 5.89. The van der Waals surface area contributed by atoms with Gasteiger partial charge in [0.1, 0.15) is 12.4 Å². The molecule has 0 unspecified atom stereocenters. The third kappa shape index (κ3) is 5.88. The lowest BCUT2D eigenvalue weighted by Gasteiger charge is -2.16. The zero-order valence-corrected chi connectivity index (χ0v) is 17.8. The molecule has 3 rings (SSSR count). The summed E-state index contributed by atoms with van der Waals surface area (Å²) in [5, 5.41) is 13.9. The van der Waals surface area contributed by atoms with Gasteiger partial charge in [0.15, 0.2) is 11.5 Å². The Labute approximate surface area is 183 Å². The van der Waals surface area contributed by atoms with Crippen molar-refractivity contribution in [3.63, 3.8) is 0 Å². The molecular weight excluding hydrogens is 420 g/mol. The Balaban J connectivity index is 0.00000114. The summed E-state index contributed by atoms with van der Waals surface area (Å²) in [4.78, 5) is 32.5. The number of nitrogens with one attached hydrogen (secondary N) is 1. The maximum atomic E-state index is 12.4. The predicted octanol–water partition coefficient (Wildman–Crippen LogP) is 1.46. The van der Waals surface area contributed by atoms with Crippen LogP contribution in [0.4, 0.5) is 5.82 Å². The lowest BCUT2D eigenvalue weighted by molar-refractivity contribution is -0.123. The second kappa shape index (κ2) is 11.8. The Morgan fingerprint density at radius 1 is 1.09 bits per heavy atom. The summed E-state index contributed by atoms with van der Waals surface area (Å²) in [6.45, 7) is -0.0119. The maximum Gasteiger partial charge on any atom is 0.290 e. The minimum Gasteiger partial charge on any atom is -0.493 e. The first-order valence-electron chi connectivity index (χ1n) is 9.31. The van der Waals surface area contributed by atoms with Gasteiger partial charge in [-0.15, -0.1) is 0 Å². The number of hydrogen-bond donors (Lipinski definition) is 2. The average Bonchev–Trinajstić information content (AvgIpc) is 3.21. The van der Waals surface area contributed by atoms with Crippen LogP contribution in [0.25, 0.3) is 0 Å². The van der Waals surface area contributed by atoms with Crippen LogP contribution in [0.15, 0.2) is 53.6 Å². The van der Waals surface area contributed by atoms with E-state index in [-0.39, 0.29) is 24.5 Å². The molecule has 0 atom stereocenters. The van der Waals surface area contributed by atoms with Crippen LogP contribution in [0.1, 0.15) is 5.56 Å². The van der Waals surface area contributed by atoms with Crippen molar-refractivity contribution in [3.05, 3.63) is 64.7 Å². The molecule has 1 aromatic carbocycles. The van der Waals surface area contributed by atoms with E-state index in [1.54, 1.807) is 55.6 Å². The lowest BCUT2D eigenvalue weighted by Crippen LogP contribution is -2.27. The van der Waals surface area contributed by atoms with Gasteiger partial charge in [-0.05, 0) is 18.2 Å². The molecule has 2 N–H and O–H groups in total. The van der Waals surface area contributed by atoms with Crippen LogP contribution in [0.5, 0.6) is 17.2 Å². The van der Waals surface area contributed by atoms with Crippen LogP contribution >= 0.6 is 0 Å². The van der Waals surface area contributed by atoms with Crippen LogP contribution < -0.4 is 25.1 Å². The molecule has 32 heavy (non-hydrogen) atoms. The van der Waals surface area contributed by atoms with E-state index >= 15 is 0 Å². The fourth-order valence-corrected chi connectivity index (χ4v) is 2.94. The summed E-state index contributed by atoms with van der Waals surface area (Å²) < 4.78 is 19.2. The number of carboxylic acid groups (broad SMARTS) is 1. The Bertz CT molecular complexity index is 1110. The molecule has 0 saturated carbocycles. The molecule has 0 radical (unpaired) electrons. The Morgan fingerprint density at radius 3 is 2.44 bits per heavy atom. The molecule has 11 heteroatoms. The zero-order valence-electron chi connectivity index (χ0n) is 17.8. The molecular formula is C21H24N4O7. The molecule has 0 aliphatic rings. The molecule has 0 saturated heterocycles. The number of hydrogen-bond acceptors (Lipinski definition) is 7. The molecule has 0 bridgehead atoms. The van der Waals surface area contributed by atoms with Gasteiger partial charge in [0.25, 0.3) is 12.0 Å². The number of nitrogens with zero attached hydrogens (tertiary/aromatic N) is 3. The average molecular weight is 444 g/mol. The first kappa shape index (κ1) is 24.0. The fraction of sp³-hybridized carbons (Fsp3) is 0.238. The van der Waals surface area contributed by atoms with E-state index in [0.29, 0.717) is 29.6 Å². The number of pyridine rings is 1. The van der Waals surface area contributed by atoms with E-state index in [9.17, 15) is 9.59 Å². The summed E-state index contributed by atoms with van der Waals surface area (Å²) >= 11 is 0. The highest BCUT2D eigenvalue weighted by Gasteiger charge is 2.17. The number of anilines is 1. The molecule has 2 heterocycles. The molecule has 3 aromatic rings. The quantitative estimate of drug-likeness (QED) is 0.499. The summed E-state index contributed by atoms with van der Waals surface area (Å²) in [5.41, 5.74) is 0.551.